The molecule has 0 unspecified atom stereocenters. The number of carbonyl (C=O) groups is 2. The molecule has 0 bridgehead atoms. The zero-order valence-corrected chi connectivity index (χ0v) is 16.8. The first-order valence-corrected chi connectivity index (χ1v) is 9.98. The van der Waals surface area contributed by atoms with Gasteiger partial charge in [-0.15, -0.1) is 0 Å². The Kier molecular flexibility index (Phi) is 7.30. The molecule has 0 atom stereocenters. The van der Waals surface area contributed by atoms with Crippen LogP contribution >= 0.6 is 0 Å². The van der Waals surface area contributed by atoms with E-state index in [1.54, 1.807) is 6.07 Å². The lowest BCUT2D eigenvalue weighted by molar-refractivity contribution is -0.137. The molecule has 5 nitrogen and oxygen atoms in total. The molecule has 30 heavy (non-hydrogen) atoms. The molecule has 1 N–H and O–H groups in total. The third-order valence-corrected chi connectivity index (χ3v) is 4.71. The van der Waals surface area contributed by atoms with Crippen molar-refractivity contribution < 1.29 is 23.1 Å². The fourth-order valence-electron chi connectivity index (χ4n) is 3.16. The third kappa shape index (κ3) is 5.10. The number of hydrogen-bond donors (Lipinski definition) is 1. The van der Waals surface area contributed by atoms with Crippen LogP contribution in [0.25, 0.3) is 5.57 Å². The van der Waals surface area contributed by atoms with E-state index in [4.69, 9.17) is 4.74 Å². The lowest BCUT2D eigenvalue weighted by Crippen LogP contribution is -2.34. The van der Waals surface area contributed by atoms with Crippen LogP contribution in [0.4, 0.5) is 14.5 Å². The van der Waals surface area contributed by atoms with Crippen LogP contribution < -0.4 is 5.32 Å². The molecule has 1 heterocycles. The van der Waals surface area contributed by atoms with Crippen LogP contribution in [0.5, 0.6) is 0 Å². The molecule has 3 rings (SSSR count). The van der Waals surface area contributed by atoms with E-state index in [0.29, 0.717) is 30.9 Å². The molecule has 2 aromatic rings. The van der Waals surface area contributed by atoms with E-state index in [1.165, 1.54) is 42.5 Å². The van der Waals surface area contributed by atoms with E-state index < -0.39 is 23.4 Å². The molecule has 0 radical (unpaired) electrons. The molecule has 1 aliphatic rings. The zero-order valence-electron chi connectivity index (χ0n) is 16.8. The van der Waals surface area contributed by atoms with E-state index >= 15 is 0 Å². The van der Waals surface area contributed by atoms with Gasteiger partial charge in [0.15, 0.2) is 0 Å². The average molecular weight is 414 g/mol. The van der Waals surface area contributed by atoms with Gasteiger partial charge in [0, 0.05) is 25.4 Å². The van der Waals surface area contributed by atoms with Crippen LogP contribution in [0.1, 0.15) is 31.7 Å². The summed E-state index contributed by atoms with van der Waals surface area (Å²) in [5, 5.41) is 2.88. The zero-order chi connectivity index (χ0) is 21.5. The van der Waals surface area contributed by atoms with Crippen LogP contribution in [0.2, 0.25) is 0 Å². The lowest BCUT2D eigenvalue weighted by atomic mass is 10.0. The topological polar surface area (TPSA) is 58.6 Å². The summed E-state index contributed by atoms with van der Waals surface area (Å²) >= 11 is 0. The summed E-state index contributed by atoms with van der Waals surface area (Å²) in [6, 6.07) is 11.0. The molecule has 158 valence electrons. The highest BCUT2D eigenvalue weighted by molar-refractivity contribution is 6.36. The maximum atomic E-state index is 13.6. The Labute approximate surface area is 174 Å². The number of halogens is 2. The number of carbonyl (C=O) groups excluding carboxylic acids is 2. The summed E-state index contributed by atoms with van der Waals surface area (Å²) in [6.07, 6.45) is 2.49. The van der Waals surface area contributed by atoms with Crippen LogP contribution in [-0.2, 0) is 14.3 Å². The number of anilines is 1. The fraction of sp³-hybridized carbons (Fsp3) is 0.304. The summed E-state index contributed by atoms with van der Waals surface area (Å²) in [5.74, 6) is -1.89. The molecule has 2 aromatic carbocycles. The quantitative estimate of drug-likeness (QED) is 0.464. The van der Waals surface area contributed by atoms with Gasteiger partial charge in [0.2, 0.25) is 0 Å². The van der Waals surface area contributed by atoms with Gasteiger partial charge in [-0.05, 0) is 48.7 Å². The molecule has 0 aliphatic carbocycles. The Morgan fingerprint density at radius 2 is 1.67 bits per heavy atom. The number of hydrogen-bond acceptors (Lipinski definition) is 4. The first kappa shape index (κ1) is 21.6. The molecule has 0 fully saturated rings. The maximum Gasteiger partial charge on any atom is 0.278 e. The molecule has 0 saturated carbocycles. The van der Waals surface area contributed by atoms with Crippen molar-refractivity contribution in [1.29, 1.82) is 0 Å². The molecule has 0 spiro atoms. The van der Waals surface area contributed by atoms with Gasteiger partial charge in [-0.3, -0.25) is 14.5 Å². The summed E-state index contributed by atoms with van der Waals surface area (Å²) in [7, 11) is 0. The molecular weight excluding hydrogens is 390 g/mol. The number of nitrogens with zero attached hydrogens (tertiary/aromatic N) is 1. The van der Waals surface area contributed by atoms with E-state index in [9.17, 15) is 18.4 Å². The average Bonchev–Trinajstić information content (AvgIpc) is 2.95. The number of ether oxygens (including phenoxy) is 1. The summed E-state index contributed by atoms with van der Waals surface area (Å²) in [5.41, 5.74) is 0.936. The summed E-state index contributed by atoms with van der Waals surface area (Å²) < 4.78 is 32.4. The Morgan fingerprint density at radius 1 is 0.933 bits per heavy atom. The second-order valence-electron chi connectivity index (χ2n) is 6.97. The summed E-state index contributed by atoms with van der Waals surface area (Å²) in [4.78, 5) is 27.2. The highest BCUT2D eigenvalue weighted by atomic mass is 19.1. The molecule has 2 amide bonds. The van der Waals surface area contributed by atoms with Crippen molar-refractivity contribution in [3.05, 3.63) is 71.4 Å². The van der Waals surface area contributed by atoms with Crippen molar-refractivity contribution in [3.8, 4) is 0 Å². The number of rotatable bonds is 10. The number of amides is 2. The van der Waals surface area contributed by atoms with Crippen molar-refractivity contribution in [3.63, 3.8) is 0 Å². The van der Waals surface area contributed by atoms with Gasteiger partial charge in [0.25, 0.3) is 11.8 Å². The SMILES string of the molecule is CCCCOCCCN1C(=O)C(Nc2cccc(F)c2)=C(c2ccc(F)cc2)C1=O. The molecular formula is C23H24F2N2O3. The first-order chi connectivity index (χ1) is 14.5. The van der Waals surface area contributed by atoms with E-state index in [0.717, 1.165) is 17.7 Å². The minimum Gasteiger partial charge on any atom is -0.381 e. The number of benzene rings is 2. The Balaban J connectivity index is 1.82. The van der Waals surface area contributed by atoms with Crippen LogP contribution in [0.3, 0.4) is 0 Å². The Morgan fingerprint density at radius 3 is 2.37 bits per heavy atom. The van der Waals surface area contributed by atoms with Gasteiger partial charge < -0.3 is 10.1 Å². The number of nitrogens with one attached hydrogen (secondary N) is 1. The molecule has 7 heteroatoms. The number of unbranched alkanes of at least 4 members (excludes halogenated alkanes) is 1. The summed E-state index contributed by atoms with van der Waals surface area (Å²) in [6.45, 7) is 3.35. The van der Waals surface area contributed by atoms with Gasteiger partial charge >= 0.3 is 0 Å². The maximum absolute atomic E-state index is 13.6. The smallest absolute Gasteiger partial charge is 0.278 e. The molecule has 0 saturated heterocycles. The molecule has 0 aromatic heterocycles. The van der Waals surface area contributed by atoms with Crippen molar-refractivity contribution in [2.24, 2.45) is 0 Å². The van der Waals surface area contributed by atoms with Crippen molar-refractivity contribution in [1.82, 2.24) is 4.90 Å². The standard InChI is InChI=1S/C23H24F2N2O3/c1-2-3-13-30-14-5-12-27-22(28)20(16-8-10-17(24)11-9-16)21(23(27)29)26-19-7-4-6-18(25)15-19/h4,6-11,15,26H,2-3,5,12-14H2,1H3. The van der Waals surface area contributed by atoms with Crippen LogP contribution in [0, 0.1) is 11.6 Å². The van der Waals surface area contributed by atoms with Crippen molar-refractivity contribution in [2.75, 3.05) is 25.1 Å². The second kappa shape index (κ2) is 10.1. The largest absolute Gasteiger partial charge is 0.381 e. The van der Waals surface area contributed by atoms with Crippen LogP contribution in [0.15, 0.2) is 54.2 Å². The van der Waals surface area contributed by atoms with E-state index in [2.05, 4.69) is 12.2 Å². The highest BCUT2D eigenvalue weighted by Crippen LogP contribution is 2.30. The van der Waals surface area contributed by atoms with Crippen LogP contribution in [-0.4, -0.2) is 36.5 Å². The van der Waals surface area contributed by atoms with Crippen molar-refractivity contribution in [2.45, 2.75) is 26.2 Å². The van der Waals surface area contributed by atoms with E-state index in [1.807, 2.05) is 0 Å². The predicted octanol–water partition coefficient (Wildman–Crippen LogP) is 4.36. The second-order valence-corrected chi connectivity index (χ2v) is 6.97. The normalized spacial score (nSPS) is 14.0. The van der Waals surface area contributed by atoms with Gasteiger partial charge in [-0.25, -0.2) is 8.78 Å². The molecule has 1 aliphatic heterocycles. The Bertz CT molecular complexity index is 942. The van der Waals surface area contributed by atoms with Crippen molar-refractivity contribution >= 4 is 23.1 Å². The lowest BCUT2D eigenvalue weighted by Gasteiger charge is -2.15. The minimum atomic E-state index is -0.503. The minimum absolute atomic E-state index is 0.0455. The van der Waals surface area contributed by atoms with Gasteiger partial charge in [0.05, 0.1) is 5.57 Å². The number of imide groups is 1. The Hall–Kier alpha value is -3.06. The predicted molar refractivity (Wildman–Crippen MR) is 110 cm³/mol. The van der Waals surface area contributed by atoms with Gasteiger partial charge in [0.1, 0.15) is 17.3 Å². The highest BCUT2D eigenvalue weighted by Gasteiger charge is 2.38. The van der Waals surface area contributed by atoms with Gasteiger partial charge in [-0.1, -0.05) is 31.5 Å². The van der Waals surface area contributed by atoms with Gasteiger partial charge in [-0.2, -0.15) is 0 Å². The van der Waals surface area contributed by atoms with E-state index in [-0.39, 0.29) is 17.8 Å². The first-order valence-electron chi connectivity index (χ1n) is 9.98. The third-order valence-electron chi connectivity index (χ3n) is 4.71. The fourth-order valence-corrected chi connectivity index (χ4v) is 3.16. The monoisotopic (exact) mass is 414 g/mol.